The van der Waals surface area contributed by atoms with E-state index < -0.39 is 6.36 Å². The molecule has 1 aromatic carbocycles. The van der Waals surface area contributed by atoms with E-state index in [1.165, 1.54) is 30.7 Å². The average molecular weight is 315 g/mol. The van der Waals surface area contributed by atoms with Gasteiger partial charge in [0.1, 0.15) is 5.75 Å². The highest BCUT2D eigenvalue weighted by Crippen LogP contribution is 2.26. The van der Waals surface area contributed by atoms with Crippen molar-refractivity contribution < 1.29 is 22.7 Å². The van der Waals surface area contributed by atoms with Crippen LogP contribution in [0.15, 0.2) is 24.3 Å². The maximum atomic E-state index is 12.5. The Kier molecular flexibility index (Phi) is 5.32. The lowest BCUT2D eigenvalue weighted by Crippen LogP contribution is -2.41. The molecule has 0 bridgehead atoms. The topological polar surface area (TPSA) is 29.5 Å². The van der Waals surface area contributed by atoms with E-state index in [0.717, 1.165) is 25.7 Å². The maximum absolute atomic E-state index is 12.5. The fourth-order valence-corrected chi connectivity index (χ4v) is 2.93. The quantitative estimate of drug-likeness (QED) is 0.825. The van der Waals surface area contributed by atoms with Crippen molar-refractivity contribution in [1.29, 1.82) is 0 Å². The monoisotopic (exact) mass is 315 g/mol. The Morgan fingerprint density at radius 1 is 1.18 bits per heavy atom. The van der Waals surface area contributed by atoms with Crippen LogP contribution in [0.1, 0.15) is 49.4 Å². The van der Waals surface area contributed by atoms with Crippen molar-refractivity contribution in [3.05, 3.63) is 29.8 Å². The molecule has 1 fully saturated rings. The fraction of sp³-hybridized carbons (Fsp3) is 0.562. The zero-order valence-electron chi connectivity index (χ0n) is 12.5. The molecule has 0 aliphatic heterocycles. The second-order valence-corrected chi connectivity index (χ2v) is 5.46. The Hall–Kier alpha value is -1.72. The molecule has 0 unspecified atom stereocenters. The summed E-state index contributed by atoms with van der Waals surface area (Å²) in [5.41, 5.74) is 0.391. The summed E-state index contributed by atoms with van der Waals surface area (Å²) in [6.07, 6.45) is 0.706. The van der Waals surface area contributed by atoms with Crippen LogP contribution in [0.5, 0.6) is 5.75 Å². The molecule has 0 saturated heterocycles. The van der Waals surface area contributed by atoms with Crippen molar-refractivity contribution in [3.63, 3.8) is 0 Å². The molecule has 1 amide bonds. The first kappa shape index (κ1) is 16.6. The molecule has 0 heterocycles. The van der Waals surface area contributed by atoms with Gasteiger partial charge in [0.2, 0.25) is 0 Å². The number of rotatable bonds is 4. The summed E-state index contributed by atoms with van der Waals surface area (Å²) in [5.74, 6) is -0.447. The van der Waals surface area contributed by atoms with Crippen LogP contribution in [0.3, 0.4) is 0 Å². The minimum absolute atomic E-state index is 0.132. The summed E-state index contributed by atoms with van der Waals surface area (Å²) in [7, 11) is 0. The van der Waals surface area contributed by atoms with E-state index in [1.54, 1.807) is 0 Å². The van der Waals surface area contributed by atoms with Gasteiger partial charge in [-0.25, -0.2) is 0 Å². The summed E-state index contributed by atoms with van der Waals surface area (Å²) in [6, 6.07) is 5.35. The minimum Gasteiger partial charge on any atom is -0.406 e. The molecule has 0 spiro atoms. The SMILES string of the molecule is CCN(C(=O)c1ccc(OC(F)(F)F)cc1)C1CCCCC1. The number of carbonyl (C=O) groups excluding carboxylic acids is 1. The second-order valence-electron chi connectivity index (χ2n) is 5.46. The Morgan fingerprint density at radius 2 is 1.77 bits per heavy atom. The van der Waals surface area contributed by atoms with Crippen LogP contribution < -0.4 is 4.74 Å². The lowest BCUT2D eigenvalue weighted by Gasteiger charge is -2.33. The van der Waals surface area contributed by atoms with Crippen molar-refractivity contribution in [2.45, 2.75) is 51.4 Å². The van der Waals surface area contributed by atoms with Crippen LogP contribution in [-0.4, -0.2) is 29.8 Å². The highest BCUT2D eigenvalue weighted by molar-refractivity contribution is 5.94. The van der Waals surface area contributed by atoms with Gasteiger partial charge in [-0.1, -0.05) is 19.3 Å². The summed E-state index contributed by atoms with van der Waals surface area (Å²) in [6.45, 7) is 2.53. The van der Waals surface area contributed by atoms with E-state index in [-0.39, 0.29) is 17.7 Å². The van der Waals surface area contributed by atoms with Gasteiger partial charge in [-0.05, 0) is 44.0 Å². The number of amides is 1. The predicted octanol–water partition coefficient (Wildman–Crippen LogP) is 4.38. The normalized spacial score (nSPS) is 16.4. The van der Waals surface area contributed by atoms with Crippen LogP contribution in [-0.2, 0) is 0 Å². The molecular weight excluding hydrogens is 295 g/mol. The summed E-state index contributed by atoms with van der Waals surface area (Å²) in [4.78, 5) is 14.4. The van der Waals surface area contributed by atoms with Gasteiger partial charge in [0.15, 0.2) is 0 Å². The van der Waals surface area contributed by atoms with Crippen LogP contribution in [0, 0.1) is 0 Å². The Morgan fingerprint density at radius 3 is 2.27 bits per heavy atom. The van der Waals surface area contributed by atoms with Gasteiger partial charge in [-0.3, -0.25) is 4.79 Å². The van der Waals surface area contributed by atoms with E-state index in [9.17, 15) is 18.0 Å². The average Bonchev–Trinajstić information content (AvgIpc) is 2.48. The zero-order valence-corrected chi connectivity index (χ0v) is 12.5. The van der Waals surface area contributed by atoms with Crippen molar-refractivity contribution in [2.75, 3.05) is 6.54 Å². The fourth-order valence-electron chi connectivity index (χ4n) is 2.93. The summed E-state index contributed by atoms with van der Waals surface area (Å²) in [5, 5.41) is 0. The van der Waals surface area contributed by atoms with E-state index in [4.69, 9.17) is 0 Å². The number of hydrogen-bond acceptors (Lipinski definition) is 2. The standard InChI is InChI=1S/C16H20F3NO2/c1-2-20(13-6-4-3-5-7-13)15(21)12-8-10-14(11-9-12)22-16(17,18)19/h8-11,13H,2-7H2,1H3. The van der Waals surface area contributed by atoms with E-state index in [2.05, 4.69) is 4.74 Å². The van der Waals surface area contributed by atoms with E-state index >= 15 is 0 Å². The third-order valence-electron chi connectivity index (χ3n) is 3.95. The molecule has 1 aliphatic carbocycles. The summed E-state index contributed by atoms with van der Waals surface area (Å²) < 4.78 is 40.2. The highest BCUT2D eigenvalue weighted by Gasteiger charge is 2.31. The molecule has 2 rings (SSSR count). The van der Waals surface area contributed by atoms with Gasteiger partial charge in [0, 0.05) is 18.2 Å². The molecular formula is C16H20F3NO2. The molecule has 1 aromatic rings. The molecule has 3 nitrogen and oxygen atoms in total. The third kappa shape index (κ3) is 4.39. The van der Waals surface area contributed by atoms with E-state index in [1.807, 2.05) is 11.8 Å². The van der Waals surface area contributed by atoms with Crippen molar-refractivity contribution in [3.8, 4) is 5.75 Å². The molecule has 22 heavy (non-hydrogen) atoms. The van der Waals surface area contributed by atoms with Gasteiger partial charge < -0.3 is 9.64 Å². The van der Waals surface area contributed by atoms with Crippen molar-refractivity contribution in [1.82, 2.24) is 4.90 Å². The van der Waals surface area contributed by atoms with Gasteiger partial charge in [0.05, 0.1) is 0 Å². The third-order valence-corrected chi connectivity index (χ3v) is 3.95. The van der Waals surface area contributed by atoms with Gasteiger partial charge >= 0.3 is 6.36 Å². The van der Waals surface area contributed by atoms with Crippen LogP contribution >= 0.6 is 0 Å². The first-order chi connectivity index (χ1) is 10.4. The molecule has 1 saturated carbocycles. The molecule has 0 aromatic heterocycles. The molecule has 122 valence electrons. The number of ether oxygens (including phenoxy) is 1. The van der Waals surface area contributed by atoms with Crippen LogP contribution in [0.4, 0.5) is 13.2 Å². The number of alkyl halides is 3. The number of carbonyl (C=O) groups is 1. The molecule has 1 aliphatic rings. The molecule has 0 radical (unpaired) electrons. The van der Waals surface area contributed by atoms with Gasteiger partial charge in [0.25, 0.3) is 5.91 Å². The predicted molar refractivity (Wildman–Crippen MR) is 76.7 cm³/mol. The first-order valence-corrected chi connectivity index (χ1v) is 7.57. The number of nitrogens with zero attached hydrogens (tertiary/aromatic N) is 1. The zero-order chi connectivity index (χ0) is 16.2. The Bertz CT molecular complexity index is 493. The van der Waals surface area contributed by atoms with Gasteiger partial charge in [-0.15, -0.1) is 13.2 Å². The maximum Gasteiger partial charge on any atom is 0.573 e. The molecule has 6 heteroatoms. The van der Waals surface area contributed by atoms with E-state index in [0.29, 0.717) is 12.1 Å². The summed E-state index contributed by atoms with van der Waals surface area (Å²) >= 11 is 0. The van der Waals surface area contributed by atoms with Crippen molar-refractivity contribution >= 4 is 5.91 Å². The Labute approximate surface area is 128 Å². The van der Waals surface area contributed by atoms with Crippen molar-refractivity contribution in [2.24, 2.45) is 0 Å². The van der Waals surface area contributed by atoms with Gasteiger partial charge in [-0.2, -0.15) is 0 Å². The number of benzene rings is 1. The number of hydrogen-bond donors (Lipinski definition) is 0. The second kappa shape index (κ2) is 7.03. The molecule has 0 atom stereocenters. The van der Waals surface area contributed by atoms with Crippen LogP contribution in [0.2, 0.25) is 0 Å². The highest BCUT2D eigenvalue weighted by atomic mass is 19.4. The lowest BCUT2D eigenvalue weighted by molar-refractivity contribution is -0.274. The molecule has 0 N–H and O–H groups in total. The number of halogens is 3. The first-order valence-electron chi connectivity index (χ1n) is 7.57. The Balaban J connectivity index is 2.07. The lowest BCUT2D eigenvalue weighted by atomic mass is 9.93. The largest absolute Gasteiger partial charge is 0.573 e. The van der Waals surface area contributed by atoms with Crippen LogP contribution in [0.25, 0.3) is 0 Å². The smallest absolute Gasteiger partial charge is 0.406 e. The minimum atomic E-state index is -4.72.